The number of carbonyl (C=O) groups is 3. The molecule has 2 aliphatic heterocycles. The minimum Gasteiger partial charge on any atom is -0.392 e. The average molecular weight is 359 g/mol. The minimum absolute atomic E-state index is 0.0937. The van der Waals surface area contributed by atoms with Crippen molar-refractivity contribution in [3.63, 3.8) is 0 Å². The van der Waals surface area contributed by atoms with Gasteiger partial charge >= 0.3 is 0 Å². The van der Waals surface area contributed by atoms with Gasteiger partial charge in [-0.15, -0.1) is 0 Å². The number of aliphatic hydroxyl groups is 1. The summed E-state index contributed by atoms with van der Waals surface area (Å²) in [5.41, 5.74) is 1.77. The van der Waals surface area contributed by atoms with Crippen LogP contribution in [0.1, 0.15) is 64.2 Å². The maximum Gasteiger partial charge on any atom is 0.270 e. The highest BCUT2D eigenvalue weighted by Gasteiger charge is 2.51. The normalized spacial score (nSPS) is 28.8. The van der Waals surface area contributed by atoms with Crippen molar-refractivity contribution in [2.45, 2.75) is 51.6 Å². The monoisotopic (exact) mass is 359 g/mol. The lowest BCUT2D eigenvalue weighted by Gasteiger charge is -2.46. The molecule has 0 radical (unpaired) electrons. The number of aromatic nitrogens is 1. The van der Waals surface area contributed by atoms with Gasteiger partial charge in [0.25, 0.3) is 5.91 Å². The van der Waals surface area contributed by atoms with E-state index in [-0.39, 0.29) is 24.1 Å². The van der Waals surface area contributed by atoms with Crippen LogP contribution in [0.4, 0.5) is 0 Å². The predicted molar refractivity (Wildman–Crippen MR) is 94.0 cm³/mol. The van der Waals surface area contributed by atoms with Crippen molar-refractivity contribution in [2.75, 3.05) is 19.6 Å². The molecule has 1 spiro atoms. The summed E-state index contributed by atoms with van der Waals surface area (Å²) in [5, 5.41) is 13.3. The number of Topliss-reactive ketones (excluding diaryl/α,β-unsaturated/α-hetero) is 1. The Bertz CT molecular complexity index is 784. The zero-order valence-electron chi connectivity index (χ0n) is 15.1. The molecule has 1 aliphatic carbocycles. The minimum atomic E-state index is -0.915. The van der Waals surface area contributed by atoms with Crippen LogP contribution in [0.25, 0.3) is 0 Å². The van der Waals surface area contributed by atoms with Crippen LogP contribution in [-0.4, -0.2) is 58.3 Å². The summed E-state index contributed by atoms with van der Waals surface area (Å²) in [4.78, 5) is 42.7. The maximum absolute atomic E-state index is 13.2. The third-order valence-corrected chi connectivity index (χ3v) is 6.26. The molecule has 2 atom stereocenters. The van der Waals surface area contributed by atoms with Crippen molar-refractivity contribution in [1.82, 2.24) is 15.2 Å². The number of nitrogens with one attached hydrogen (secondary N) is 2. The van der Waals surface area contributed by atoms with E-state index in [4.69, 9.17) is 0 Å². The number of carbonyl (C=O) groups excluding carboxylic acids is 3. The molecule has 140 valence electrons. The molecule has 2 fully saturated rings. The second-order valence-corrected chi connectivity index (χ2v) is 7.80. The van der Waals surface area contributed by atoms with Gasteiger partial charge in [-0.25, -0.2) is 0 Å². The second-order valence-electron chi connectivity index (χ2n) is 7.80. The van der Waals surface area contributed by atoms with Crippen LogP contribution < -0.4 is 5.32 Å². The van der Waals surface area contributed by atoms with E-state index in [1.165, 1.54) is 0 Å². The van der Waals surface area contributed by atoms with Gasteiger partial charge in [0.05, 0.1) is 11.5 Å². The zero-order valence-corrected chi connectivity index (χ0v) is 15.1. The van der Waals surface area contributed by atoms with Crippen LogP contribution in [0.2, 0.25) is 0 Å². The van der Waals surface area contributed by atoms with Gasteiger partial charge in [0, 0.05) is 37.3 Å². The second kappa shape index (κ2) is 6.23. The molecule has 7 nitrogen and oxygen atoms in total. The van der Waals surface area contributed by atoms with Crippen LogP contribution in [0.15, 0.2) is 0 Å². The number of aromatic amines is 1. The number of piperidine rings is 2. The van der Waals surface area contributed by atoms with Crippen LogP contribution in [0.5, 0.6) is 0 Å². The van der Waals surface area contributed by atoms with Crippen molar-refractivity contribution >= 4 is 17.6 Å². The molecule has 2 saturated heterocycles. The molecule has 1 aromatic heterocycles. The summed E-state index contributed by atoms with van der Waals surface area (Å²) in [6, 6.07) is 0. The zero-order chi connectivity index (χ0) is 18.5. The van der Waals surface area contributed by atoms with Crippen LogP contribution >= 0.6 is 0 Å². The van der Waals surface area contributed by atoms with Crippen molar-refractivity contribution in [3.05, 3.63) is 22.5 Å². The number of aliphatic hydroxyl groups excluding tert-OH is 1. The summed E-state index contributed by atoms with van der Waals surface area (Å²) in [5.74, 6) is -0.253. The number of likely N-dealkylation sites (tertiary alicyclic amines) is 1. The first kappa shape index (κ1) is 17.3. The van der Waals surface area contributed by atoms with Crippen molar-refractivity contribution in [3.8, 4) is 0 Å². The van der Waals surface area contributed by atoms with Gasteiger partial charge in [-0.1, -0.05) is 0 Å². The van der Waals surface area contributed by atoms with Crippen molar-refractivity contribution in [1.29, 1.82) is 0 Å². The SMILES string of the molecule is Cc1c(C(=O)N2CC[C@H](O)[C@@]3(CCCNC3=O)C2)[nH]c2c1C(=O)CCC2. The molecule has 0 aromatic carbocycles. The number of ketones is 1. The molecule has 26 heavy (non-hydrogen) atoms. The third-order valence-electron chi connectivity index (χ3n) is 6.26. The summed E-state index contributed by atoms with van der Waals surface area (Å²) in [6.07, 6.45) is 3.15. The Morgan fingerprint density at radius 1 is 1.27 bits per heavy atom. The molecule has 3 N–H and O–H groups in total. The first-order valence-corrected chi connectivity index (χ1v) is 9.44. The maximum atomic E-state index is 13.2. The van der Waals surface area contributed by atoms with Crippen molar-refractivity contribution < 1.29 is 19.5 Å². The third kappa shape index (κ3) is 2.48. The van der Waals surface area contributed by atoms with E-state index in [1.807, 2.05) is 6.92 Å². The molecule has 0 bridgehead atoms. The topological polar surface area (TPSA) is 102 Å². The fraction of sp³-hybridized carbons (Fsp3) is 0.632. The Labute approximate surface area is 152 Å². The molecule has 2 amide bonds. The Kier molecular flexibility index (Phi) is 4.14. The van der Waals surface area contributed by atoms with Gasteiger partial charge in [0.1, 0.15) is 5.69 Å². The highest BCUT2D eigenvalue weighted by molar-refractivity contribution is 6.04. The Morgan fingerprint density at radius 2 is 2.08 bits per heavy atom. The number of hydrogen-bond acceptors (Lipinski definition) is 4. The molecule has 3 aliphatic rings. The number of aryl methyl sites for hydroxylation is 1. The number of H-pyrrole nitrogens is 1. The van der Waals surface area contributed by atoms with E-state index in [1.54, 1.807) is 4.90 Å². The Balaban J connectivity index is 1.63. The fourth-order valence-electron chi connectivity index (χ4n) is 4.76. The number of amides is 2. The molecule has 0 unspecified atom stereocenters. The Hall–Kier alpha value is -2.15. The predicted octanol–water partition coefficient (Wildman–Crippen LogP) is 0.945. The molecular weight excluding hydrogens is 334 g/mol. The van der Waals surface area contributed by atoms with E-state index in [9.17, 15) is 19.5 Å². The number of fused-ring (bicyclic) bond motifs is 1. The number of nitrogens with zero attached hydrogens (tertiary/aromatic N) is 1. The quantitative estimate of drug-likeness (QED) is 0.694. The largest absolute Gasteiger partial charge is 0.392 e. The van der Waals surface area contributed by atoms with E-state index >= 15 is 0 Å². The van der Waals surface area contributed by atoms with Gasteiger partial charge in [-0.3, -0.25) is 14.4 Å². The first-order valence-electron chi connectivity index (χ1n) is 9.44. The molecule has 4 rings (SSSR count). The summed E-state index contributed by atoms with van der Waals surface area (Å²) in [7, 11) is 0. The lowest BCUT2D eigenvalue weighted by atomic mass is 9.71. The van der Waals surface area contributed by atoms with E-state index in [0.717, 1.165) is 25.0 Å². The van der Waals surface area contributed by atoms with E-state index in [0.29, 0.717) is 49.2 Å². The highest BCUT2D eigenvalue weighted by atomic mass is 16.3. The molecule has 7 heteroatoms. The number of rotatable bonds is 1. The summed E-state index contributed by atoms with van der Waals surface area (Å²) >= 11 is 0. The molecule has 3 heterocycles. The smallest absolute Gasteiger partial charge is 0.270 e. The first-order chi connectivity index (χ1) is 12.4. The summed E-state index contributed by atoms with van der Waals surface area (Å²) in [6.45, 7) is 3.06. The van der Waals surface area contributed by atoms with Crippen LogP contribution in [0, 0.1) is 12.3 Å². The summed E-state index contributed by atoms with van der Waals surface area (Å²) < 4.78 is 0. The molecular formula is C19H25N3O4. The van der Waals surface area contributed by atoms with Crippen molar-refractivity contribution in [2.24, 2.45) is 5.41 Å². The van der Waals surface area contributed by atoms with Gasteiger partial charge in [0.2, 0.25) is 5.91 Å². The van der Waals surface area contributed by atoms with E-state index < -0.39 is 11.5 Å². The standard InChI is InChI=1S/C19H25N3O4/c1-11-15-12(4-2-5-13(15)23)21-16(11)17(25)22-9-6-14(24)19(10-22)7-3-8-20-18(19)26/h14,21,24H,2-10H2,1H3,(H,20,26)/t14-,19+/m0/s1. The van der Waals surface area contributed by atoms with Gasteiger partial charge in [0.15, 0.2) is 5.78 Å². The van der Waals surface area contributed by atoms with Gasteiger partial charge in [-0.05, 0) is 44.6 Å². The average Bonchev–Trinajstić information content (AvgIpc) is 2.97. The van der Waals surface area contributed by atoms with Gasteiger partial charge < -0.3 is 20.3 Å². The van der Waals surface area contributed by atoms with Gasteiger partial charge in [-0.2, -0.15) is 0 Å². The van der Waals surface area contributed by atoms with Crippen LogP contribution in [0.3, 0.4) is 0 Å². The lowest BCUT2D eigenvalue weighted by molar-refractivity contribution is -0.147. The highest BCUT2D eigenvalue weighted by Crippen LogP contribution is 2.38. The lowest BCUT2D eigenvalue weighted by Crippen LogP contribution is -2.62. The molecule has 1 aromatic rings. The fourth-order valence-corrected chi connectivity index (χ4v) is 4.76. The number of hydrogen-bond donors (Lipinski definition) is 3. The molecule has 0 saturated carbocycles. The van der Waals surface area contributed by atoms with Crippen LogP contribution in [-0.2, 0) is 11.2 Å². The van der Waals surface area contributed by atoms with E-state index in [2.05, 4.69) is 10.3 Å². The Morgan fingerprint density at radius 3 is 2.81 bits per heavy atom.